The van der Waals surface area contributed by atoms with E-state index >= 15 is 0 Å². The molecule has 15 nitrogen and oxygen atoms in total. The second kappa shape index (κ2) is 20.8. The lowest BCUT2D eigenvalue weighted by atomic mass is 10.1. The molecular formula is C32H45N7O8. The van der Waals surface area contributed by atoms with Crippen LogP contribution in [-0.2, 0) is 41.7 Å². The Balaban J connectivity index is 1.91. The second-order valence-corrected chi connectivity index (χ2v) is 10.7. The molecule has 0 aliphatic carbocycles. The highest BCUT2D eigenvalue weighted by Crippen LogP contribution is 2.09. The van der Waals surface area contributed by atoms with Gasteiger partial charge in [-0.1, -0.05) is 42.5 Å². The van der Waals surface area contributed by atoms with E-state index in [1.165, 1.54) is 0 Å². The summed E-state index contributed by atoms with van der Waals surface area (Å²) in [5.41, 5.74) is 7.54. The minimum absolute atomic E-state index is 0.00794. The van der Waals surface area contributed by atoms with Crippen molar-refractivity contribution in [3.05, 3.63) is 65.7 Å². The van der Waals surface area contributed by atoms with Gasteiger partial charge in [0.15, 0.2) is 0 Å². The minimum atomic E-state index is -1.26. The van der Waals surface area contributed by atoms with Crippen LogP contribution in [0.1, 0.15) is 43.2 Å². The average molecular weight is 656 g/mol. The molecule has 2 unspecified atom stereocenters. The number of amides is 5. The summed E-state index contributed by atoms with van der Waals surface area (Å²) in [5.74, 6) is -3.26. The first-order valence-corrected chi connectivity index (χ1v) is 15.3. The van der Waals surface area contributed by atoms with Crippen LogP contribution in [0.2, 0.25) is 0 Å². The zero-order valence-electron chi connectivity index (χ0n) is 26.7. The molecule has 0 heterocycles. The summed E-state index contributed by atoms with van der Waals surface area (Å²) in [6, 6.07) is 12.6. The number of likely N-dealkylation sites (N-methyl/N-ethyl adjacent to an activating group) is 2. The number of nitrogen functional groups attached to an aromatic ring is 1. The van der Waals surface area contributed by atoms with E-state index in [1.807, 2.05) is 6.07 Å². The van der Waals surface area contributed by atoms with Crippen molar-refractivity contribution in [2.24, 2.45) is 0 Å². The number of hydrogen-bond acceptors (Lipinski definition) is 9. The number of unbranched alkanes of at least 4 members (excludes halogenated alkanes) is 1. The molecule has 15 heteroatoms. The van der Waals surface area contributed by atoms with Crippen LogP contribution in [0.4, 0.5) is 10.5 Å². The highest BCUT2D eigenvalue weighted by Gasteiger charge is 2.25. The van der Waals surface area contributed by atoms with E-state index in [-0.39, 0.29) is 43.7 Å². The monoisotopic (exact) mass is 655 g/mol. The van der Waals surface area contributed by atoms with E-state index in [0.29, 0.717) is 37.1 Å². The fraction of sp³-hybridized carbons (Fsp3) is 0.438. The van der Waals surface area contributed by atoms with Gasteiger partial charge < -0.3 is 47.5 Å². The first kappa shape index (κ1) is 38.0. The normalized spacial score (nSPS) is 12.5. The summed E-state index contributed by atoms with van der Waals surface area (Å²) >= 11 is 0. The highest BCUT2D eigenvalue weighted by molar-refractivity contribution is 5.91. The van der Waals surface area contributed by atoms with Crippen LogP contribution in [0, 0.1) is 0 Å². The number of carboxylic acids is 1. The minimum Gasteiger partial charge on any atom is -0.480 e. The number of rotatable bonds is 20. The van der Waals surface area contributed by atoms with Crippen molar-refractivity contribution in [1.82, 2.24) is 31.9 Å². The number of nitrogens with one attached hydrogen (secondary N) is 6. The molecule has 2 aromatic carbocycles. The Kier molecular flexibility index (Phi) is 16.8. The number of benzene rings is 2. The van der Waals surface area contributed by atoms with Crippen LogP contribution in [0.5, 0.6) is 0 Å². The quantitative estimate of drug-likeness (QED) is 0.0713. The van der Waals surface area contributed by atoms with Gasteiger partial charge in [-0.15, -0.1) is 0 Å². The van der Waals surface area contributed by atoms with Crippen molar-refractivity contribution in [2.75, 3.05) is 32.9 Å². The molecule has 0 fully saturated rings. The molecule has 0 saturated carbocycles. The molecule has 0 radical (unpaired) electrons. The van der Waals surface area contributed by atoms with Gasteiger partial charge in [-0.05, 0) is 56.0 Å². The van der Waals surface area contributed by atoms with Crippen molar-refractivity contribution in [2.45, 2.75) is 63.3 Å². The lowest BCUT2D eigenvalue weighted by molar-refractivity contribution is -0.141. The summed E-state index contributed by atoms with van der Waals surface area (Å²) in [5, 5.41) is 25.0. The molecular weight excluding hydrogens is 610 g/mol. The van der Waals surface area contributed by atoms with Gasteiger partial charge in [-0.3, -0.25) is 19.2 Å². The zero-order chi connectivity index (χ0) is 34.6. The largest absolute Gasteiger partial charge is 0.480 e. The van der Waals surface area contributed by atoms with Crippen molar-refractivity contribution in [3.8, 4) is 0 Å². The van der Waals surface area contributed by atoms with Crippen molar-refractivity contribution < 1.29 is 38.6 Å². The third kappa shape index (κ3) is 15.1. The van der Waals surface area contributed by atoms with Gasteiger partial charge >= 0.3 is 12.1 Å². The Morgan fingerprint density at radius 2 is 1.47 bits per heavy atom. The Labute approximate surface area is 273 Å². The molecule has 5 amide bonds. The van der Waals surface area contributed by atoms with Crippen molar-refractivity contribution in [1.29, 1.82) is 0 Å². The lowest BCUT2D eigenvalue weighted by Gasteiger charge is -2.19. The first-order valence-electron chi connectivity index (χ1n) is 15.3. The number of anilines is 1. The van der Waals surface area contributed by atoms with Crippen LogP contribution in [0.15, 0.2) is 54.6 Å². The Bertz CT molecular complexity index is 1320. The van der Waals surface area contributed by atoms with Gasteiger partial charge in [-0.25, -0.2) is 9.59 Å². The Morgan fingerprint density at radius 1 is 0.766 bits per heavy atom. The van der Waals surface area contributed by atoms with Gasteiger partial charge in [0.1, 0.15) is 18.7 Å². The van der Waals surface area contributed by atoms with Crippen LogP contribution in [0.3, 0.4) is 0 Å². The molecule has 0 aromatic heterocycles. The maximum absolute atomic E-state index is 13.0. The third-order valence-electron chi connectivity index (χ3n) is 7.11. The second-order valence-electron chi connectivity index (χ2n) is 10.7. The van der Waals surface area contributed by atoms with E-state index in [2.05, 4.69) is 31.9 Å². The van der Waals surface area contributed by atoms with E-state index in [0.717, 1.165) is 5.56 Å². The predicted molar refractivity (Wildman–Crippen MR) is 174 cm³/mol. The number of carboxylic acid groups (broad SMARTS) is 1. The molecule has 0 saturated heterocycles. The number of nitrogens with two attached hydrogens (primary N) is 1. The molecule has 256 valence electrons. The molecule has 0 spiro atoms. The van der Waals surface area contributed by atoms with Gasteiger partial charge in [0, 0.05) is 32.1 Å². The molecule has 9 N–H and O–H groups in total. The third-order valence-corrected chi connectivity index (χ3v) is 7.11. The number of ether oxygens (including phenoxy) is 1. The SMILES string of the molecule is CNC(=O)C(CCCCNC(=O)CC[C@H](NC(=O)OCc1ccccc1)C(=O)NCC(=O)NC(Cc1ccc(N)cc1)C(=O)O)NC. The topological polar surface area (TPSA) is 230 Å². The fourth-order valence-corrected chi connectivity index (χ4v) is 4.45. The van der Waals surface area contributed by atoms with Gasteiger partial charge in [0.25, 0.3) is 0 Å². The summed E-state index contributed by atoms with van der Waals surface area (Å²) in [6.45, 7) is -0.270. The standard InChI is InChI=1S/C32H45N7O8/c1-34-24(29(42)35-2)10-6-7-17-36-27(40)16-15-25(39-32(46)47-20-22-8-4-3-5-9-22)30(43)37-19-28(41)38-26(31(44)45)18-21-11-13-23(33)14-12-21/h3-5,8-9,11-14,24-26,34H,6-7,10,15-20,33H2,1-2H3,(H,35,42)(H,36,40)(H,37,43)(H,38,41)(H,39,46)(H,44,45)/t24?,25-,26?/m0/s1. The zero-order valence-corrected chi connectivity index (χ0v) is 26.7. The summed E-state index contributed by atoms with van der Waals surface area (Å²) in [4.78, 5) is 74.1. The average Bonchev–Trinajstić information content (AvgIpc) is 3.06. The molecule has 0 aliphatic heterocycles. The molecule has 47 heavy (non-hydrogen) atoms. The smallest absolute Gasteiger partial charge is 0.408 e. The number of hydrogen-bond donors (Lipinski definition) is 8. The van der Waals surface area contributed by atoms with Gasteiger partial charge in [0.2, 0.25) is 23.6 Å². The number of alkyl carbamates (subject to hydrolysis) is 1. The molecule has 0 bridgehead atoms. The Morgan fingerprint density at radius 3 is 2.11 bits per heavy atom. The van der Waals surface area contributed by atoms with Crippen LogP contribution >= 0.6 is 0 Å². The van der Waals surface area contributed by atoms with E-state index in [9.17, 15) is 33.9 Å². The molecule has 3 atom stereocenters. The van der Waals surface area contributed by atoms with Crippen molar-refractivity contribution in [3.63, 3.8) is 0 Å². The predicted octanol–water partition coefficient (Wildman–Crippen LogP) is 0.193. The van der Waals surface area contributed by atoms with Gasteiger partial charge in [0.05, 0.1) is 12.6 Å². The molecule has 0 aliphatic rings. The van der Waals surface area contributed by atoms with Gasteiger partial charge in [-0.2, -0.15) is 0 Å². The summed E-state index contributed by atoms with van der Waals surface area (Å²) in [7, 11) is 3.26. The molecule has 2 rings (SSSR count). The van der Waals surface area contributed by atoms with Crippen molar-refractivity contribution >= 4 is 41.4 Å². The Hall–Kier alpha value is -5.18. The van der Waals surface area contributed by atoms with Crippen LogP contribution in [0.25, 0.3) is 0 Å². The summed E-state index contributed by atoms with van der Waals surface area (Å²) < 4.78 is 5.21. The van der Waals surface area contributed by atoms with Crippen LogP contribution in [-0.4, -0.2) is 86.1 Å². The lowest BCUT2D eigenvalue weighted by Crippen LogP contribution is -2.51. The van der Waals surface area contributed by atoms with E-state index in [1.54, 1.807) is 62.6 Å². The maximum Gasteiger partial charge on any atom is 0.408 e. The number of carbonyl (C=O) groups is 6. The van der Waals surface area contributed by atoms with Crippen LogP contribution < -0.4 is 37.6 Å². The first-order chi connectivity index (χ1) is 22.5. The number of aliphatic carboxylic acids is 1. The van der Waals surface area contributed by atoms with E-state index in [4.69, 9.17) is 10.5 Å². The summed E-state index contributed by atoms with van der Waals surface area (Å²) in [6.07, 6.45) is 0.765. The fourth-order valence-electron chi connectivity index (χ4n) is 4.45. The molecule has 2 aromatic rings. The maximum atomic E-state index is 13.0. The van der Waals surface area contributed by atoms with E-state index < -0.39 is 42.5 Å². The number of carbonyl (C=O) groups excluding carboxylic acids is 5. The highest BCUT2D eigenvalue weighted by atomic mass is 16.5.